The van der Waals surface area contributed by atoms with Crippen LogP contribution in [0, 0.1) is 0 Å². The van der Waals surface area contributed by atoms with Crippen LogP contribution in [0.25, 0.3) is 12.3 Å². The predicted molar refractivity (Wildman–Crippen MR) is 105 cm³/mol. The molecule has 0 fully saturated rings. The van der Waals surface area contributed by atoms with Gasteiger partial charge in [0.15, 0.2) is 5.69 Å². The number of thiophene rings is 1. The van der Waals surface area contributed by atoms with E-state index in [-0.39, 0.29) is 5.69 Å². The Hall–Kier alpha value is -3.25. The van der Waals surface area contributed by atoms with Crippen LogP contribution in [0.4, 0.5) is 0 Å². The van der Waals surface area contributed by atoms with Gasteiger partial charge in [-0.2, -0.15) is 16.4 Å². The number of carbonyl (C=O) groups excluding carboxylic acids is 1. The number of aromatic nitrogens is 2. The smallest absolute Gasteiger partial charge is 0.357 e. The molecule has 5 nitrogen and oxygen atoms in total. The van der Waals surface area contributed by atoms with Gasteiger partial charge in [-0.1, -0.05) is 42.5 Å². The molecule has 2 aromatic heterocycles. The Bertz CT molecular complexity index is 1050. The fourth-order valence-corrected chi connectivity index (χ4v) is 4.34. The Labute approximate surface area is 159 Å². The summed E-state index contributed by atoms with van der Waals surface area (Å²) in [5.41, 5.74) is 3.18. The van der Waals surface area contributed by atoms with Gasteiger partial charge in [-0.05, 0) is 34.0 Å². The Morgan fingerprint density at radius 3 is 2.70 bits per heavy atom. The van der Waals surface area contributed by atoms with E-state index < -0.39 is 11.4 Å². The second kappa shape index (κ2) is 6.81. The number of carbonyl (C=O) groups is 2. The third kappa shape index (κ3) is 2.84. The number of allylic oxidation sites excluding steroid dienone is 2. The zero-order valence-electron chi connectivity index (χ0n) is 14.3. The zero-order chi connectivity index (χ0) is 18.9. The van der Waals surface area contributed by atoms with Crippen molar-refractivity contribution in [2.24, 2.45) is 0 Å². The fraction of sp³-hybridized carbons (Fsp3) is 0.0952. The summed E-state index contributed by atoms with van der Waals surface area (Å²) in [6.07, 6.45) is 7.91. The normalized spacial score (nSPS) is 18.5. The summed E-state index contributed by atoms with van der Waals surface area (Å²) in [5, 5.41) is 17.9. The van der Waals surface area contributed by atoms with Gasteiger partial charge in [0.2, 0.25) is 0 Å². The minimum absolute atomic E-state index is 0.0104. The summed E-state index contributed by atoms with van der Waals surface area (Å²) >= 11 is 1.63. The number of aldehydes is 1. The maximum Gasteiger partial charge on any atom is 0.357 e. The third-order valence-corrected chi connectivity index (χ3v) is 5.55. The molecule has 0 spiro atoms. The average Bonchev–Trinajstić information content (AvgIpc) is 3.35. The Morgan fingerprint density at radius 2 is 2.04 bits per heavy atom. The number of hydrogen-bond acceptors (Lipinski definition) is 4. The highest BCUT2D eigenvalue weighted by Crippen LogP contribution is 2.43. The van der Waals surface area contributed by atoms with Gasteiger partial charge in [0, 0.05) is 23.6 Å². The van der Waals surface area contributed by atoms with Crippen molar-refractivity contribution in [3.05, 3.63) is 87.4 Å². The van der Waals surface area contributed by atoms with Crippen molar-refractivity contribution in [1.29, 1.82) is 0 Å². The molecule has 0 saturated carbocycles. The number of aromatic carboxylic acids is 1. The standard InChI is InChI=1S/C21H16N2O3S/c24-11-4-10-23-18-13-21(16-8-12-27-14-16,15-5-2-1-3-6-15)9-7-17(18)19(22-23)20(25)26/h1-12,14H,13H2,(H,25,26). The molecule has 0 amide bonds. The van der Waals surface area contributed by atoms with Crippen LogP contribution < -0.4 is 0 Å². The molecular weight excluding hydrogens is 360 g/mol. The lowest BCUT2D eigenvalue weighted by molar-refractivity contribution is -0.104. The average molecular weight is 376 g/mol. The number of carboxylic acid groups (broad SMARTS) is 1. The lowest BCUT2D eigenvalue weighted by atomic mass is 9.69. The third-order valence-electron chi connectivity index (χ3n) is 4.86. The highest BCUT2D eigenvalue weighted by atomic mass is 32.1. The molecule has 6 heteroatoms. The first kappa shape index (κ1) is 17.2. The molecule has 1 unspecified atom stereocenters. The van der Waals surface area contributed by atoms with Crippen molar-refractivity contribution in [2.45, 2.75) is 11.8 Å². The van der Waals surface area contributed by atoms with Crippen molar-refractivity contribution in [3.63, 3.8) is 0 Å². The summed E-state index contributed by atoms with van der Waals surface area (Å²) in [5.74, 6) is -1.09. The van der Waals surface area contributed by atoms with Crippen molar-refractivity contribution < 1.29 is 14.7 Å². The van der Waals surface area contributed by atoms with Crippen LogP contribution in [0.15, 0.2) is 59.3 Å². The molecule has 0 radical (unpaired) electrons. The topological polar surface area (TPSA) is 72.2 Å². The van der Waals surface area contributed by atoms with Crippen LogP contribution in [0.5, 0.6) is 0 Å². The van der Waals surface area contributed by atoms with E-state index in [0.29, 0.717) is 18.3 Å². The van der Waals surface area contributed by atoms with Crippen molar-refractivity contribution >= 4 is 35.9 Å². The zero-order valence-corrected chi connectivity index (χ0v) is 15.1. The highest BCUT2D eigenvalue weighted by Gasteiger charge is 2.38. The van der Waals surface area contributed by atoms with Crippen molar-refractivity contribution in [3.8, 4) is 0 Å². The summed E-state index contributed by atoms with van der Waals surface area (Å²) in [4.78, 5) is 22.4. The van der Waals surface area contributed by atoms with Crippen LogP contribution in [0.1, 0.15) is 32.9 Å². The van der Waals surface area contributed by atoms with Crippen LogP contribution in [0.2, 0.25) is 0 Å². The van der Waals surface area contributed by atoms with E-state index in [4.69, 9.17) is 0 Å². The van der Waals surface area contributed by atoms with Crippen LogP contribution >= 0.6 is 11.3 Å². The van der Waals surface area contributed by atoms with Gasteiger partial charge >= 0.3 is 5.97 Å². The first-order chi connectivity index (χ1) is 13.2. The van der Waals surface area contributed by atoms with Gasteiger partial charge in [0.05, 0.1) is 5.69 Å². The molecule has 2 heterocycles. The number of carboxylic acids is 1. The monoisotopic (exact) mass is 376 g/mol. The SMILES string of the molecule is O=CC=Cn1nc(C(=O)O)c2c1CC(c1ccccc1)(c1ccsc1)C=C2. The van der Waals surface area contributed by atoms with E-state index in [0.717, 1.165) is 16.8 Å². The largest absolute Gasteiger partial charge is 0.476 e. The Kier molecular flexibility index (Phi) is 4.33. The highest BCUT2D eigenvalue weighted by molar-refractivity contribution is 7.08. The number of nitrogens with zero attached hydrogens (tertiary/aromatic N) is 2. The number of benzene rings is 1. The molecule has 1 aromatic carbocycles. The van der Waals surface area contributed by atoms with Crippen molar-refractivity contribution in [2.75, 3.05) is 0 Å². The lowest BCUT2D eigenvalue weighted by Crippen LogP contribution is -2.30. The van der Waals surface area contributed by atoms with E-state index >= 15 is 0 Å². The summed E-state index contributed by atoms with van der Waals surface area (Å²) < 4.78 is 1.50. The molecule has 0 saturated heterocycles. The molecule has 1 aliphatic carbocycles. The minimum Gasteiger partial charge on any atom is -0.476 e. The van der Waals surface area contributed by atoms with E-state index in [1.54, 1.807) is 11.3 Å². The van der Waals surface area contributed by atoms with Crippen LogP contribution in [0.3, 0.4) is 0 Å². The number of rotatable bonds is 5. The first-order valence-corrected chi connectivity index (χ1v) is 9.34. The molecular formula is C21H16N2O3S. The molecule has 4 rings (SSSR count). The van der Waals surface area contributed by atoms with E-state index in [1.807, 2.05) is 29.7 Å². The second-order valence-corrected chi connectivity index (χ2v) is 7.08. The Balaban J connectivity index is 1.93. The Morgan fingerprint density at radius 1 is 1.22 bits per heavy atom. The van der Waals surface area contributed by atoms with Crippen molar-refractivity contribution in [1.82, 2.24) is 9.78 Å². The van der Waals surface area contributed by atoms with E-state index in [2.05, 4.69) is 34.8 Å². The first-order valence-electron chi connectivity index (χ1n) is 8.40. The van der Waals surface area contributed by atoms with Gasteiger partial charge in [0.25, 0.3) is 0 Å². The van der Waals surface area contributed by atoms with Gasteiger partial charge in [0.1, 0.15) is 6.29 Å². The van der Waals surface area contributed by atoms with Crippen LogP contribution in [-0.2, 0) is 16.6 Å². The maximum atomic E-state index is 11.6. The molecule has 134 valence electrons. The van der Waals surface area contributed by atoms with E-state index in [1.165, 1.54) is 17.0 Å². The molecule has 0 bridgehead atoms. The quantitative estimate of drug-likeness (QED) is 0.542. The predicted octanol–water partition coefficient (Wildman–Crippen LogP) is 3.87. The number of fused-ring (bicyclic) bond motifs is 1. The molecule has 3 aromatic rings. The van der Waals surface area contributed by atoms with Gasteiger partial charge in [-0.15, -0.1) is 0 Å². The van der Waals surface area contributed by atoms with E-state index in [9.17, 15) is 14.7 Å². The van der Waals surface area contributed by atoms with Gasteiger partial charge in [-0.3, -0.25) is 4.79 Å². The van der Waals surface area contributed by atoms with Gasteiger partial charge in [-0.25, -0.2) is 9.48 Å². The minimum atomic E-state index is -1.09. The molecule has 27 heavy (non-hydrogen) atoms. The molecule has 1 atom stereocenters. The molecule has 0 aliphatic heterocycles. The van der Waals surface area contributed by atoms with Crippen LogP contribution in [-0.4, -0.2) is 27.1 Å². The lowest BCUT2D eigenvalue weighted by Gasteiger charge is -2.34. The maximum absolute atomic E-state index is 11.6. The summed E-state index contributed by atoms with van der Waals surface area (Å²) in [7, 11) is 0. The number of hydrogen-bond donors (Lipinski definition) is 1. The van der Waals surface area contributed by atoms with Gasteiger partial charge < -0.3 is 5.11 Å². The summed E-state index contributed by atoms with van der Waals surface area (Å²) in [6, 6.07) is 12.2. The summed E-state index contributed by atoms with van der Waals surface area (Å²) in [6.45, 7) is 0. The molecule has 1 aliphatic rings. The molecule has 1 N–H and O–H groups in total. The second-order valence-electron chi connectivity index (χ2n) is 6.30. The fourth-order valence-electron chi connectivity index (χ4n) is 3.60.